The van der Waals surface area contributed by atoms with E-state index in [0.717, 1.165) is 29.6 Å². The van der Waals surface area contributed by atoms with E-state index in [1.165, 1.54) is 5.56 Å². The molecule has 0 radical (unpaired) electrons. The van der Waals surface area contributed by atoms with Crippen LogP contribution in [0.4, 0.5) is 5.82 Å². The van der Waals surface area contributed by atoms with Gasteiger partial charge in [-0.25, -0.2) is 4.98 Å². The van der Waals surface area contributed by atoms with Crippen molar-refractivity contribution in [2.24, 2.45) is 0 Å². The van der Waals surface area contributed by atoms with E-state index < -0.39 is 0 Å². The minimum Gasteiger partial charge on any atom is -0.353 e. The van der Waals surface area contributed by atoms with Crippen molar-refractivity contribution in [1.29, 1.82) is 0 Å². The molecule has 1 atom stereocenters. The van der Waals surface area contributed by atoms with Gasteiger partial charge in [0.1, 0.15) is 5.82 Å². The number of hydrogen-bond acceptors (Lipinski definition) is 3. The molecule has 0 fully saturated rings. The lowest BCUT2D eigenvalue weighted by Gasteiger charge is -2.26. The summed E-state index contributed by atoms with van der Waals surface area (Å²) in [5, 5.41) is 4.07. The summed E-state index contributed by atoms with van der Waals surface area (Å²) in [6.07, 6.45) is 0. The van der Waals surface area contributed by atoms with E-state index in [2.05, 4.69) is 49.3 Å². The van der Waals surface area contributed by atoms with Crippen LogP contribution < -0.4 is 10.2 Å². The standard InChI is InChI=1S/C17H22ClN3/c1-4-19-12-16-6-5-7-17(20-16)21(3)13(2)14-8-10-15(18)11-9-14/h5-11,13,19H,4,12H2,1-3H3. The Bertz CT molecular complexity index is 569. The number of nitrogens with one attached hydrogen (secondary N) is 1. The molecule has 3 nitrogen and oxygen atoms in total. The molecule has 0 aliphatic rings. The van der Waals surface area contributed by atoms with Gasteiger partial charge in [-0.2, -0.15) is 0 Å². The highest BCUT2D eigenvalue weighted by atomic mass is 35.5. The van der Waals surface area contributed by atoms with Crippen LogP contribution in [0.25, 0.3) is 0 Å². The first kappa shape index (κ1) is 15.8. The Morgan fingerprint density at radius 1 is 1.19 bits per heavy atom. The van der Waals surface area contributed by atoms with Crippen LogP contribution >= 0.6 is 11.6 Å². The van der Waals surface area contributed by atoms with Gasteiger partial charge in [-0.05, 0) is 43.3 Å². The second-order valence-electron chi connectivity index (χ2n) is 5.11. The van der Waals surface area contributed by atoms with Crippen LogP contribution in [0.2, 0.25) is 5.02 Å². The normalized spacial score (nSPS) is 12.2. The number of halogens is 1. The summed E-state index contributed by atoms with van der Waals surface area (Å²) in [5.74, 6) is 0.979. The van der Waals surface area contributed by atoms with Crippen molar-refractivity contribution in [3.05, 3.63) is 58.7 Å². The number of rotatable bonds is 6. The average molecular weight is 304 g/mol. The lowest BCUT2D eigenvalue weighted by atomic mass is 10.1. The van der Waals surface area contributed by atoms with Crippen molar-refractivity contribution in [3.8, 4) is 0 Å². The largest absolute Gasteiger partial charge is 0.353 e. The lowest BCUT2D eigenvalue weighted by Crippen LogP contribution is -2.23. The van der Waals surface area contributed by atoms with Crippen molar-refractivity contribution in [2.45, 2.75) is 26.4 Å². The van der Waals surface area contributed by atoms with Crippen molar-refractivity contribution in [1.82, 2.24) is 10.3 Å². The minimum absolute atomic E-state index is 0.240. The zero-order valence-electron chi connectivity index (χ0n) is 12.8. The van der Waals surface area contributed by atoms with Crippen LogP contribution in [0.5, 0.6) is 0 Å². The predicted molar refractivity (Wildman–Crippen MR) is 89.9 cm³/mol. The SMILES string of the molecule is CCNCc1cccc(N(C)C(C)c2ccc(Cl)cc2)n1. The highest BCUT2D eigenvalue weighted by Gasteiger charge is 2.13. The van der Waals surface area contributed by atoms with Gasteiger partial charge in [0.2, 0.25) is 0 Å². The number of hydrogen-bond donors (Lipinski definition) is 1. The van der Waals surface area contributed by atoms with Gasteiger partial charge in [-0.15, -0.1) is 0 Å². The maximum Gasteiger partial charge on any atom is 0.129 e. The minimum atomic E-state index is 0.240. The third-order valence-corrected chi connectivity index (χ3v) is 3.89. The average Bonchev–Trinajstić information content (AvgIpc) is 2.52. The molecule has 0 aliphatic heterocycles. The molecule has 21 heavy (non-hydrogen) atoms. The summed E-state index contributed by atoms with van der Waals surface area (Å²) in [7, 11) is 2.07. The zero-order chi connectivity index (χ0) is 15.2. The summed E-state index contributed by atoms with van der Waals surface area (Å²) in [4.78, 5) is 6.89. The van der Waals surface area contributed by atoms with Crippen LogP contribution in [-0.4, -0.2) is 18.6 Å². The highest BCUT2D eigenvalue weighted by Crippen LogP contribution is 2.24. The summed E-state index contributed by atoms with van der Waals surface area (Å²) in [6.45, 7) is 6.01. The van der Waals surface area contributed by atoms with Gasteiger partial charge in [0.05, 0.1) is 11.7 Å². The van der Waals surface area contributed by atoms with Crippen LogP contribution in [0, 0.1) is 0 Å². The van der Waals surface area contributed by atoms with Crippen LogP contribution in [0.3, 0.4) is 0 Å². The molecule has 0 aliphatic carbocycles. The molecule has 4 heteroatoms. The predicted octanol–water partition coefficient (Wildman–Crippen LogP) is 4.04. The first-order valence-electron chi connectivity index (χ1n) is 7.26. The van der Waals surface area contributed by atoms with E-state index in [1.807, 2.05) is 24.3 Å². The molecular formula is C17H22ClN3. The maximum absolute atomic E-state index is 5.95. The Labute approximate surface area is 132 Å². The molecule has 1 N–H and O–H groups in total. The fourth-order valence-electron chi connectivity index (χ4n) is 2.18. The third-order valence-electron chi connectivity index (χ3n) is 3.64. The summed E-state index contributed by atoms with van der Waals surface area (Å²) >= 11 is 5.95. The molecular weight excluding hydrogens is 282 g/mol. The van der Waals surface area contributed by atoms with Crippen molar-refractivity contribution >= 4 is 17.4 Å². The fraction of sp³-hybridized carbons (Fsp3) is 0.353. The Morgan fingerprint density at radius 3 is 2.57 bits per heavy atom. The number of nitrogens with zero attached hydrogens (tertiary/aromatic N) is 2. The summed E-state index contributed by atoms with van der Waals surface area (Å²) in [6, 6.07) is 14.4. The van der Waals surface area contributed by atoms with E-state index in [-0.39, 0.29) is 6.04 Å². The number of benzene rings is 1. The van der Waals surface area contributed by atoms with Gasteiger partial charge in [0, 0.05) is 18.6 Å². The first-order chi connectivity index (χ1) is 10.1. The fourth-order valence-corrected chi connectivity index (χ4v) is 2.30. The molecule has 1 aromatic heterocycles. The molecule has 0 saturated heterocycles. The van der Waals surface area contributed by atoms with Gasteiger partial charge in [-0.1, -0.05) is 36.7 Å². The first-order valence-corrected chi connectivity index (χ1v) is 7.64. The second kappa shape index (κ2) is 7.43. The van der Waals surface area contributed by atoms with E-state index in [4.69, 9.17) is 16.6 Å². The van der Waals surface area contributed by atoms with E-state index in [1.54, 1.807) is 0 Å². The number of anilines is 1. The quantitative estimate of drug-likeness (QED) is 0.873. The zero-order valence-corrected chi connectivity index (χ0v) is 13.6. The number of aromatic nitrogens is 1. The Kier molecular flexibility index (Phi) is 5.59. The molecule has 1 heterocycles. The Hall–Kier alpha value is -1.58. The van der Waals surface area contributed by atoms with Crippen molar-refractivity contribution < 1.29 is 0 Å². The van der Waals surface area contributed by atoms with Crippen LogP contribution in [-0.2, 0) is 6.54 Å². The molecule has 1 aromatic carbocycles. The molecule has 112 valence electrons. The summed E-state index contributed by atoms with van der Waals surface area (Å²) in [5.41, 5.74) is 2.28. The van der Waals surface area contributed by atoms with Gasteiger partial charge >= 0.3 is 0 Å². The van der Waals surface area contributed by atoms with Gasteiger partial charge in [0.25, 0.3) is 0 Å². The molecule has 0 spiro atoms. The Balaban J connectivity index is 2.14. The van der Waals surface area contributed by atoms with Crippen LogP contribution in [0.15, 0.2) is 42.5 Å². The molecule has 0 saturated carbocycles. The molecule has 2 rings (SSSR count). The molecule has 1 unspecified atom stereocenters. The highest BCUT2D eigenvalue weighted by molar-refractivity contribution is 6.30. The molecule has 0 bridgehead atoms. The Morgan fingerprint density at radius 2 is 1.90 bits per heavy atom. The van der Waals surface area contributed by atoms with E-state index in [0.29, 0.717) is 0 Å². The van der Waals surface area contributed by atoms with Crippen molar-refractivity contribution in [3.63, 3.8) is 0 Å². The summed E-state index contributed by atoms with van der Waals surface area (Å²) < 4.78 is 0. The van der Waals surface area contributed by atoms with Gasteiger partial charge in [-0.3, -0.25) is 0 Å². The molecule has 2 aromatic rings. The lowest BCUT2D eigenvalue weighted by molar-refractivity contribution is 0.696. The van der Waals surface area contributed by atoms with Crippen molar-refractivity contribution in [2.75, 3.05) is 18.5 Å². The van der Waals surface area contributed by atoms with E-state index >= 15 is 0 Å². The second-order valence-corrected chi connectivity index (χ2v) is 5.54. The monoisotopic (exact) mass is 303 g/mol. The van der Waals surface area contributed by atoms with Crippen LogP contribution in [0.1, 0.15) is 31.1 Å². The van der Waals surface area contributed by atoms with Gasteiger partial charge < -0.3 is 10.2 Å². The topological polar surface area (TPSA) is 28.2 Å². The molecule has 0 amide bonds. The maximum atomic E-state index is 5.95. The number of pyridine rings is 1. The smallest absolute Gasteiger partial charge is 0.129 e. The van der Waals surface area contributed by atoms with E-state index in [9.17, 15) is 0 Å². The third kappa shape index (κ3) is 4.19. The van der Waals surface area contributed by atoms with Gasteiger partial charge in [0.15, 0.2) is 0 Å².